The highest BCUT2D eigenvalue weighted by atomic mass is 16.3. The normalized spacial score (nSPS) is 25.1. The Morgan fingerprint density at radius 1 is 0.812 bits per heavy atom. The molecule has 0 radical (unpaired) electrons. The third-order valence-electron chi connectivity index (χ3n) is 3.11. The number of rotatable bonds is 4. The van der Waals surface area contributed by atoms with Gasteiger partial charge in [0.2, 0.25) is 0 Å². The highest BCUT2D eigenvalue weighted by molar-refractivity contribution is 4.70. The van der Waals surface area contributed by atoms with Crippen molar-refractivity contribution in [1.82, 2.24) is 0 Å². The van der Waals surface area contributed by atoms with Gasteiger partial charge in [0.05, 0.1) is 0 Å². The van der Waals surface area contributed by atoms with Gasteiger partial charge in [-0.05, 0) is 37.5 Å². The first-order valence-corrected chi connectivity index (χ1v) is 6.11. The molecule has 0 aromatic rings. The van der Waals surface area contributed by atoms with Crippen molar-refractivity contribution in [2.75, 3.05) is 26.4 Å². The molecule has 1 aliphatic carbocycles. The summed E-state index contributed by atoms with van der Waals surface area (Å²) in [6, 6.07) is 0. The first-order chi connectivity index (χ1) is 7.67. The zero-order valence-corrected chi connectivity index (χ0v) is 10.2. The van der Waals surface area contributed by atoms with Crippen LogP contribution in [0.5, 0.6) is 0 Å². The summed E-state index contributed by atoms with van der Waals surface area (Å²) in [5.41, 5.74) is 0. The van der Waals surface area contributed by atoms with Crippen LogP contribution in [-0.2, 0) is 0 Å². The predicted molar refractivity (Wildman–Crippen MR) is 63.0 cm³/mol. The van der Waals surface area contributed by atoms with Gasteiger partial charge in [-0.2, -0.15) is 0 Å². The van der Waals surface area contributed by atoms with E-state index in [0.29, 0.717) is 25.0 Å². The molecule has 4 heteroatoms. The number of aliphatic hydroxyl groups excluding tert-OH is 4. The van der Waals surface area contributed by atoms with Crippen LogP contribution in [-0.4, -0.2) is 46.9 Å². The SMILES string of the molecule is CC(CO)CO.OCC1CCC(CO)CC1. The summed E-state index contributed by atoms with van der Waals surface area (Å²) < 4.78 is 0. The fourth-order valence-electron chi connectivity index (χ4n) is 1.65. The second kappa shape index (κ2) is 10.0. The lowest BCUT2D eigenvalue weighted by Gasteiger charge is -2.25. The minimum absolute atomic E-state index is 0.0463. The van der Waals surface area contributed by atoms with Crippen LogP contribution in [0, 0.1) is 17.8 Å². The monoisotopic (exact) mass is 234 g/mol. The molecule has 0 heterocycles. The number of hydrogen-bond donors (Lipinski definition) is 4. The van der Waals surface area contributed by atoms with E-state index in [9.17, 15) is 0 Å². The van der Waals surface area contributed by atoms with E-state index in [4.69, 9.17) is 20.4 Å². The topological polar surface area (TPSA) is 80.9 Å². The van der Waals surface area contributed by atoms with Crippen LogP contribution in [0.25, 0.3) is 0 Å². The van der Waals surface area contributed by atoms with E-state index in [2.05, 4.69) is 0 Å². The maximum Gasteiger partial charge on any atom is 0.0478 e. The molecule has 4 nitrogen and oxygen atoms in total. The molecule has 0 saturated heterocycles. The van der Waals surface area contributed by atoms with Crippen molar-refractivity contribution in [2.45, 2.75) is 32.6 Å². The Morgan fingerprint density at radius 3 is 1.25 bits per heavy atom. The molecule has 0 aromatic heterocycles. The molecule has 0 aliphatic heterocycles. The van der Waals surface area contributed by atoms with E-state index in [1.807, 2.05) is 0 Å². The van der Waals surface area contributed by atoms with Gasteiger partial charge in [0, 0.05) is 32.3 Å². The van der Waals surface area contributed by atoms with Crippen LogP contribution >= 0.6 is 0 Å². The zero-order valence-electron chi connectivity index (χ0n) is 10.2. The van der Waals surface area contributed by atoms with E-state index >= 15 is 0 Å². The van der Waals surface area contributed by atoms with Crippen molar-refractivity contribution in [2.24, 2.45) is 17.8 Å². The Morgan fingerprint density at radius 2 is 1.12 bits per heavy atom. The predicted octanol–water partition coefficient (Wildman–Crippen LogP) is 0.384. The van der Waals surface area contributed by atoms with Crippen LogP contribution in [0.2, 0.25) is 0 Å². The first kappa shape index (κ1) is 15.8. The van der Waals surface area contributed by atoms with Gasteiger partial charge in [-0.15, -0.1) is 0 Å². The van der Waals surface area contributed by atoms with Gasteiger partial charge >= 0.3 is 0 Å². The molecule has 1 fully saturated rings. The molecule has 4 N–H and O–H groups in total. The summed E-state index contributed by atoms with van der Waals surface area (Å²) in [5.74, 6) is 1.08. The molecule has 98 valence electrons. The highest BCUT2D eigenvalue weighted by Crippen LogP contribution is 2.27. The van der Waals surface area contributed by atoms with Crippen molar-refractivity contribution < 1.29 is 20.4 Å². The van der Waals surface area contributed by atoms with E-state index in [-0.39, 0.29) is 19.1 Å². The lowest BCUT2D eigenvalue weighted by atomic mass is 9.83. The molecule has 16 heavy (non-hydrogen) atoms. The highest BCUT2D eigenvalue weighted by Gasteiger charge is 2.19. The fraction of sp³-hybridized carbons (Fsp3) is 1.00. The van der Waals surface area contributed by atoms with Crippen molar-refractivity contribution in [3.05, 3.63) is 0 Å². The quantitative estimate of drug-likeness (QED) is 0.567. The van der Waals surface area contributed by atoms with Gasteiger partial charge in [0.15, 0.2) is 0 Å². The summed E-state index contributed by atoms with van der Waals surface area (Å²) in [7, 11) is 0. The summed E-state index contributed by atoms with van der Waals surface area (Å²) >= 11 is 0. The standard InChI is InChI=1S/C8H16O2.C4H10O2/c9-5-7-1-2-8(6-10)4-3-7;1-4(2-5)3-6/h7-10H,1-6H2;4-6H,2-3H2,1H3. The molecule has 0 bridgehead atoms. The molecule has 0 aromatic carbocycles. The second-order valence-electron chi connectivity index (χ2n) is 4.72. The maximum absolute atomic E-state index is 8.79. The summed E-state index contributed by atoms with van der Waals surface area (Å²) in [4.78, 5) is 0. The lowest BCUT2D eigenvalue weighted by Crippen LogP contribution is -2.19. The number of hydrogen-bond acceptors (Lipinski definition) is 4. The molecule has 1 aliphatic rings. The number of aliphatic hydroxyl groups is 4. The van der Waals surface area contributed by atoms with E-state index in [1.54, 1.807) is 6.92 Å². The van der Waals surface area contributed by atoms with E-state index < -0.39 is 0 Å². The Bertz CT molecular complexity index is 128. The van der Waals surface area contributed by atoms with Crippen LogP contribution in [0.15, 0.2) is 0 Å². The molecule has 0 atom stereocenters. The fourth-order valence-corrected chi connectivity index (χ4v) is 1.65. The molecule has 0 amide bonds. The third-order valence-corrected chi connectivity index (χ3v) is 3.11. The van der Waals surface area contributed by atoms with E-state index in [1.165, 1.54) is 0 Å². The molecule has 1 rings (SSSR count). The van der Waals surface area contributed by atoms with E-state index in [0.717, 1.165) is 25.7 Å². The Kier molecular flexibility index (Phi) is 9.92. The van der Waals surface area contributed by atoms with Crippen molar-refractivity contribution >= 4 is 0 Å². The van der Waals surface area contributed by atoms with Gasteiger partial charge < -0.3 is 20.4 Å². The Labute approximate surface area is 97.9 Å². The van der Waals surface area contributed by atoms with Crippen LogP contribution in [0.4, 0.5) is 0 Å². The first-order valence-electron chi connectivity index (χ1n) is 6.11. The summed E-state index contributed by atoms with van der Waals surface area (Å²) in [5, 5.41) is 33.9. The van der Waals surface area contributed by atoms with Crippen LogP contribution in [0.1, 0.15) is 32.6 Å². The van der Waals surface area contributed by atoms with Crippen molar-refractivity contribution in [3.63, 3.8) is 0 Å². The van der Waals surface area contributed by atoms with Crippen LogP contribution < -0.4 is 0 Å². The van der Waals surface area contributed by atoms with Crippen molar-refractivity contribution in [3.8, 4) is 0 Å². The van der Waals surface area contributed by atoms with Gasteiger partial charge in [0.1, 0.15) is 0 Å². The molecule has 0 unspecified atom stereocenters. The zero-order chi connectivity index (χ0) is 12.4. The van der Waals surface area contributed by atoms with Gasteiger partial charge in [0.25, 0.3) is 0 Å². The summed E-state index contributed by atoms with van der Waals surface area (Å²) in [6.45, 7) is 2.60. The molecular formula is C12H26O4. The smallest absolute Gasteiger partial charge is 0.0478 e. The van der Waals surface area contributed by atoms with Crippen molar-refractivity contribution in [1.29, 1.82) is 0 Å². The third kappa shape index (κ3) is 7.17. The van der Waals surface area contributed by atoms with Gasteiger partial charge in [-0.25, -0.2) is 0 Å². The minimum atomic E-state index is 0.0463. The molecule has 0 spiro atoms. The maximum atomic E-state index is 8.79. The molecular weight excluding hydrogens is 208 g/mol. The Balaban J connectivity index is 0.000000325. The minimum Gasteiger partial charge on any atom is -0.396 e. The average Bonchev–Trinajstić information content (AvgIpc) is 2.38. The molecule has 1 saturated carbocycles. The van der Waals surface area contributed by atoms with Gasteiger partial charge in [-0.3, -0.25) is 0 Å². The average molecular weight is 234 g/mol. The Hall–Kier alpha value is -0.160. The van der Waals surface area contributed by atoms with Gasteiger partial charge in [-0.1, -0.05) is 6.92 Å². The lowest BCUT2D eigenvalue weighted by molar-refractivity contribution is 0.131. The largest absolute Gasteiger partial charge is 0.396 e. The second-order valence-corrected chi connectivity index (χ2v) is 4.72. The van der Waals surface area contributed by atoms with Crippen LogP contribution in [0.3, 0.4) is 0 Å². The summed E-state index contributed by atoms with van der Waals surface area (Å²) in [6.07, 6.45) is 4.40.